The zero-order chi connectivity index (χ0) is 27.3. The minimum absolute atomic E-state index is 0.105. The van der Waals surface area contributed by atoms with Crippen LogP contribution in [0.2, 0.25) is 0 Å². The molecule has 2 atom stereocenters. The standard InChI is InChI=1S/C22H41N3O8S4/c1-5-26-17(27-6-2)13-24(21(34)35,15-19-30-9-10-31-19)23-25(22(36)37,16-20-32-11-12-33-20)14-18(28-7-3)29-8-4/h17-20,23H,5-16H2,1-4H3/p+2. The molecule has 2 rings (SSSR count). The SMILES string of the molecule is CCOC(C[N+](CC1OCCO1)(N[N+](CC(OCC)OCC)(CC1OCCO1)C(=S)S)C(=S)S)OCC. The van der Waals surface area contributed by atoms with E-state index in [1.54, 1.807) is 0 Å². The summed E-state index contributed by atoms with van der Waals surface area (Å²) in [5.74, 6) is 0. The molecule has 2 aliphatic heterocycles. The third-order valence-electron chi connectivity index (χ3n) is 5.75. The maximum atomic E-state index is 5.91. The number of thiol groups is 2. The number of nitrogens with one attached hydrogen (secondary N) is 1. The molecule has 0 spiro atoms. The smallest absolute Gasteiger partial charge is 0.254 e. The van der Waals surface area contributed by atoms with E-state index < -0.39 is 25.2 Å². The van der Waals surface area contributed by atoms with Gasteiger partial charge in [-0.05, 0) is 52.1 Å². The molecule has 2 fully saturated rings. The first-order chi connectivity index (χ1) is 17.7. The molecule has 0 aromatic carbocycles. The predicted octanol–water partition coefficient (Wildman–Crippen LogP) is 2.01. The van der Waals surface area contributed by atoms with Crippen LogP contribution in [0, 0.1) is 0 Å². The van der Waals surface area contributed by atoms with E-state index in [4.69, 9.17) is 62.3 Å². The van der Waals surface area contributed by atoms with E-state index in [-0.39, 0.29) is 35.4 Å². The van der Waals surface area contributed by atoms with Crippen LogP contribution in [-0.4, -0.2) is 122 Å². The first kappa shape index (κ1) is 33.6. The summed E-state index contributed by atoms with van der Waals surface area (Å²) < 4.78 is 47.3. The third-order valence-corrected chi connectivity index (χ3v) is 7.21. The lowest BCUT2D eigenvalue weighted by molar-refractivity contribution is -1.09. The van der Waals surface area contributed by atoms with E-state index in [1.165, 1.54) is 0 Å². The second kappa shape index (κ2) is 17.3. The molecule has 0 aromatic rings. The molecule has 37 heavy (non-hydrogen) atoms. The molecule has 0 saturated carbocycles. The van der Waals surface area contributed by atoms with Gasteiger partial charge in [-0.25, -0.2) is 0 Å². The molecule has 0 radical (unpaired) electrons. The highest BCUT2D eigenvalue weighted by Gasteiger charge is 2.52. The average Bonchev–Trinajstić information content (AvgIpc) is 3.54. The zero-order valence-corrected chi connectivity index (χ0v) is 25.6. The lowest BCUT2D eigenvalue weighted by Crippen LogP contribution is -2.78. The number of ether oxygens (including phenoxy) is 8. The number of rotatable bonds is 18. The van der Waals surface area contributed by atoms with Crippen molar-refractivity contribution in [3.63, 3.8) is 0 Å². The van der Waals surface area contributed by atoms with Crippen LogP contribution in [0.1, 0.15) is 27.7 Å². The van der Waals surface area contributed by atoms with Crippen molar-refractivity contribution in [3.05, 3.63) is 0 Å². The maximum Gasteiger partial charge on any atom is 0.254 e. The fourth-order valence-electron chi connectivity index (χ4n) is 4.17. The van der Waals surface area contributed by atoms with Gasteiger partial charge in [0, 0.05) is 32.0 Å². The van der Waals surface area contributed by atoms with Crippen LogP contribution in [0.4, 0.5) is 0 Å². The van der Waals surface area contributed by atoms with Crippen LogP contribution in [0.15, 0.2) is 0 Å². The molecule has 0 aromatic heterocycles. The van der Waals surface area contributed by atoms with E-state index in [0.29, 0.717) is 61.5 Å². The molecule has 0 aliphatic carbocycles. The van der Waals surface area contributed by atoms with E-state index in [0.717, 1.165) is 0 Å². The van der Waals surface area contributed by atoms with Crippen molar-refractivity contribution in [3.8, 4) is 0 Å². The van der Waals surface area contributed by atoms with Gasteiger partial charge in [-0.2, -0.15) is 0 Å². The lowest BCUT2D eigenvalue weighted by Gasteiger charge is -2.46. The summed E-state index contributed by atoms with van der Waals surface area (Å²) in [4.78, 5) is 0. The minimum Gasteiger partial charge on any atom is -0.348 e. The van der Waals surface area contributed by atoms with Gasteiger partial charge < -0.3 is 37.9 Å². The maximum absolute atomic E-state index is 5.91. The Morgan fingerprint density at radius 3 is 1.24 bits per heavy atom. The zero-order valence-electron chi connectivity index (χ0n) is 22.2. The van der Waals surface area contributed by atoms with Crippen LogP contribution in [0.3, 0.4) is 0 Å². The van der Waals surface area contributed by atoms with Crippen molar-refractivity contribution < 1.29 is 47.1 Å². The minimum atomic E-state index is -0.599. The summed E-state index contributed by atoms with van der Waals surface area (Å²) in [6, 6.07) is 0. The molecule has 0 amide bonds. The molecule has 2 unspecified atom stereocenters. The van der Waals surface area contributed by atoms with Gasteiger partial charge in [0.25, 0.3) is 8.64 Å². The van der Waals surface area contributed by atoms with Gasteiger partial charge in [0.1, 0.15) is 0 Å². The molecule has 15 heteroatoms. The number of hydrogen-bond donors (Lipinski definition) is 3. The fraction of sp³-hybridized carbons (Fsp3) is 0.909. The summed E-state index contributed by atoms with van der Waals surface area (Å²) >= 11 is 20.9. The van der Waals surface area contributed by atoms with Gasteiger partial charge in [-0.15, -0.1) is 9.18 Å². The van der Waals surface area contributed by atoms with E-state index >= 15 is 0 Å². The molecule has 11 nitrogen and oxygen atoms in total. The Balaban J connectivity index is 2.55. The summed E-state index contributed by atoms with van der Waals surface area (Å²) in [6.07, 6.45) is -2.27. The van der Waals surface area contributed by atoms with Crippen LogP contribution < -0.4 is 5.53 Å². The summed E-state index contributed by atoms with van der Waals surface area (Å²) in [7, 11) is 0. The van der Waals surface area contributed by atoms with Gasteiger partial charge in [0.15, 0.2) is 26.2 Å². The highest BCUT2D eigenvalue weighted by Crippen LogP contribution is 2.25. The largest absolute Gasteiger partial charge is 0.348 e. The second-order valence-corrected chi connectivity index (χ2v) is 10.6. The van der Waals surface area contributed by atoms with Gasteiger partial charge in [0.05, 0.1) is 26.4 Å². The molecule has 2 aliphatic rings. The second-order valence-electron chi connectivity index (χ2n) is 8.35. The lowest BCUT2D eigenvalue weighted by atomic mass is 10.4. The van der Waals surface area contributed by atoms with Crippen LogP contribution >= 0.6 is 49.7 Å². The fourth-order valence-corrected chi connectivity index (χ4v) is 4.97. The van der Waals surface area contributed by atoms with Gasteiger partial charge >= 0.3 is 0 Å². The molecule has 1 N–H and O–H groups in total. The van der Waals surface area contributed by atoms with Crippen molar-refractivity contribution in [2.24, 2.45) is 0 Å². The topological polar surface area (TPSA) is 85.9 Å². The first-order valence-corrected chi connectivity index (χ1v) is 14.4. The predicted molar refractivity (Wildman–Crippen MR) is 152 cm³/mol. The van der Waals surface area contributed by atoms with E-state index in [1.807, 2.05) is 27.7 Å². The molecular weight excluding hydrogens is 563 g/mol. The highest BCUT2D eigenvalue weighted by molar-refractivity contribution is 8.10. The van der Waals surface area contributed by atoms with Crippen LogP contribution in [-0.2, 0) is 37.9 Å². The van der Waals surface area contributed by atoms with E-state index in [2.05, 4.69) is 30.8 Å². The number of thiocarbonyl (C=S) groups is 2. The highest BCUT2D eigenvalue weighted by atomic mass is 32.1. The van der Waals surface area contributed by atoms with Crippen LogP contribution in [0.5, 0.6) is 0 Å². The Hall–Kier alpha value is 0.440. The average molecular weight is 606 g/mol. The number of hydrogen-bond acceptors (Lipinski definition) is 11. The van der Waals surface area contributed by atoms with Crippen molar-refractivity contribution in [1.82, 2.24) is 5.53 Å². The van der Waals surface area contributed by atoms with Gasteiger partial charge in [-0.1, -0.05) is 25.3 Å². The van der Waals surface area contributed by atoms with Crippen molar-refractivity contribution >= 4 is 58.3 Å². The first-order valence-electron chi connectivity index (χ1n) is 12.7. The van der Waals surface area contributed by atoms with Gasteiger partial charge in [0.2, 0.25) is 25.2 Å². The summed E-state index contributed by atoms with van der Waals surface area (Å²) in [5.41, 5.74) is 3.63. The van der Waals surface area contributed by atoms with Crippen molar-refractivity contribution in [2.45, 2.75) is 52.9 Å². The summed E-state index contributed by atoms with van der Waals surface area (Å²) in [5, 5.41) is 0. The summed E-state index contributed by atoms with van der Waals surface area (Å²) in [6.45, 7) is 12.4. The molecule has 0 bridgehead atoms. The van der Waals surface area contributed by atoms with E-state index in [9.17, 15) is 0 Å². The third kappa shape index (κ3) is 10.4. The molecule has 2 heterocycles. The van der Waals surface area contributed by atoms with Gasteiger partial charge in [-0.3, -0.25) is 0 Å². The molecule has 2 saturated heterocycles. The van der Waals surface area contributed by atoms with Crippen molar-refractivity contribution in [2.75, 3.05) is 79.0 Å². The quantitative estimate of drug-likeness (QED) is 0.0706. The molecule has 216 valence electrons. The number of quaternary nitrogens is 2. The monoisotopic (exact) mass is 605 g/mol. The Labute approximate surface area is 242 Å². The Morgan fingerprint density at radius 2 is 1.00 bits per heavy atom. The van der Waals surface area contributed by atoms with Crippen LogP contribution in [0.25, 0.3) is 0 Å². The molecular formula is C22H43N3O8S4+2. The van der Waals surface area contributed by atoms with Crippen molar-refractivity contribution in [1.29, 1.82) is 0 Å². The normalized spacial score (nSPS) is 20.5. The number of nitrogens with zero attached hydrogens (tertiary/aromatic N) is 2. The Morgan fingerprint density at radius 1 is 0.703 bits per heavy atom. The Kier molecular flexibility index (Phi) is 15.7. The Bertz CT molecular complexity index is 635.